The lowest BCUT2D eigenvalue weighted by molar-refractivity contribution is -0.121. The maximum Gasteiger partial charge on any atom is 0.242 e. The van der Waals surface area contributed by atoms with Crippen molar-refractivity contribution < 1.29 is 4.79 Å². The van der Waals surface area contributed by atoms with Crippen LogP contribution in [0.2, 0.25) is 10.0 Å². The highest BCUT2D eigenvalue weighted by atomic mass is 35.5. The van der Waals surface area contributed by atoms with Gasteiger partial charge in [-0.25, -0.2) is 0 Å². The Morgan fingerprint density at radius 1 is 1.31 bits per heavy atom. The quantitative estimate of drug-likeness (QED) is 0.838. The van der Waals surface area contributed by atoms with Crippen LogP contribution in [0.25, 0.3) is 0 Å². The molecule has 1 N–H and O–H groups in total. The smallest absolute Gasteiger partial charge is 0.242 e. The molecule has 0 aliphatic rings. The van der Waals surface area contributed by atoms with Crippen LogP contribution < -0.4 is 5.32 Å². The molecule has 1 atom stereocenters. The second-order valence-electron chi connectivity index (χ2n) is 3.69. The highest BCUT2D eigenvalue weighted by Crippen LogP contribution is 2.30. The molecule has 0 aliphatic carbocycles. The zero-order valence-corrected chi connectivity index (χ0v) is 11.2. The average Bonchev–Trinajstić information content (AvgIpc) is 2.15. The second-order valence-corrected chi connectivity index (χ2v) is 4.97. The summed E-state index contributed by atoms with van der Waals surface area (Å²) in [6.07, 6.45) is 0. The lowest BCUT2D eigenvalue weighted by Gasteiger charge is -2.14. The van der Waals surface area contributed by atoms with Gasteiger partial charge in [0.15, 0.2) is 0 Å². The van der Waals surface area contributed by atoms with Crippen molar-refractivity contribution in [2.75, 3.05) is 0 Å². The van der Waals surface area contributed by atoms with Crippen LogP contribution >= 0.6 is 34.8 Å². The molecule has 0 aliphatic heterocycles. The number of halogens is 3. The fraction of sp³-hybridized carbons (Fsp3) is 0.364. The molecule has 0 saturated heterocycles. The Kier molecular flexibility index (Phi) is 4.90. The third kappa shape index (κ3) is 3.55. The van der Waals surface area contributed by atoms with E-state index < -0.39 is 5.38 Å². The molecule has 0 aromatic heterocycles. The summed E-state index contributed by atoms with van der Waals surface area (Å²) >= 11 is 17.7. The van der Waals surface area contributed by atoms with Crippen molar-refractivity contribution in [2.24, 2.45) is 0 Å². The first-order chi connectivity index (χ1) is 7.41. The molecule has 1 aromatic carbocycles. The second kappa shape index (κ2) is 5.76. The van der Waals surface area contributed by atoms with Crippen molar-refractivity contribution in [3.63, 3.8) is 0 Å². The van der Waals surface area contributed by atoms with Gasteiger partial charge in [0.25, 0.3) is 0 Å². The Labute approximate surface area is 110 Å². The van der Waals surface area contributed by atoms with E-state index in [0.29, 0.717) is 15.6 Å². The average molecular weight is 281 g/mol. The highest BCUT2D eigenvalue weighted by molar-refractivity contribution is 6.37. The third-order valence-corrected chi connectivity index (χ3v) is 2.89. The fourth-order valence-electron chi connectivity index (χ4n) is 1.21. The molecule has 88 valence electrons. The molecule has 0 saturated carbocycles. The van der Waals surface area contributed by atoms with Gasteiger partial charge < -0.3 is 5.32 Å². The van der Waals surface area contributed by atoms with E-state index in [0.717, 1.165) is 0 Å². The first-order valence-corrected chi connectivity index (χ1v) is 6.00. The Morgan fingerprint density at radius 2 is 1.94 bits per heavy atom. The SMILES string of the molecule is CC(C)NC(=O)C(Cl)c1ccc(Cl)cc1Cl. The Hall–Kier alpha value is -0.440. The van der Waals surface area contributed by atoms with Crippen LogP contribution in [0.3, 0.4) is 0 Å². The molecule has 0 bridgehead atoms. The minimum absolute atomic E-state index is 0.0415. The van der Waals surface area contributed by atoms with Gasteiger partial charge in [0.05, 0.1) is 0 Å². The minimum atomic E-state index is -0.799. The normalized spacial score (nSPS) is 12.6. The van der Waals surface area contributed by atoms with Crippen LogP contribution in [0.15, 0.2) is 18.2 Å². The summed E-state index contributed by atoms with van der Waals surface area (Å²) in [4.78, 5) is 11.7. The van der Waals surface area contributed by atoms with Gasteiger partial charge in [-0.15, -0.1) is 11.6 Å². The third-order valence-electron chi connectivity index (χ3n) is 1.90. The van der Waals surface area contributed by atoms with Crippen LogP contribution in [0.5, 0.6) is 0 Å². The highest BCUT2D eigenvalue weighted by Gasteiger charge is 2.20. The van der Waals surface area contributed by atoms with Crippen molar-refractivity contribution >= 4 is 40.7 Å². The zero-order valence-electron chi connectivity index (χ0n) is 8.93. The van der Waals surface area contributed by atoms with E-state index in [-0.39, 0.29) is 11.9 Å². The van der Waals surface area contributed by atoms with Gasteiger partial charge >= 0.3 is 0 Å². The number of nitrogens with one attached hydrogen (secondary N) is 1. The molecule has 0 fully saturated rings. The number of hydrogen-bond donors (Lipinski definition) is 1. The molecule has 1 amide bonds. The standard InChI is InChI=1S/C11H12Cl3NO/c1-6(2)15-11(16)10(14)8-4-3-7(12)5-9(8)13/h3-6,10H,1-2H3,(H,15,16). The Balaban J connectivity index is 2.87. The van der Waals surface area contributed by atoms with Crippen LogP contribution in [-0.4, -0.2) is 11.9 Å². The summed E-state index contributed by atoms with van der Waals surface area (Å²) in [6.45, 7) is 3.73. The van der Waals surface area contributed by atoms with E-state index in [1.165, 1.54) is 0 Å². The molecule has 2 nitrogen and oxygen atoms in total. The minimum Gasteiger partial charge on any atom is -0.352 e. The zero-order chi connectivity index (χ0) is 12.3. The van der Waals surface area contributed by atoms with Crippen molar-refractivity contribution in [3.8, 4) is 0 Å². The number of benzene rings is 1. The molecule has 0 heterocycles. The fourth-order valence-corrected chi connectivity index (χ4v) is 2.03. The molecule has 0 radical (unpaired) electrons. The predicted octanol–water partition coefficient (Wildman–Crippen LogP) is 3.80. The molecule has 1 aromatic rings. The van der Waals surface area contributed by atoms with Crippen molar-refractivity contribution in [3.05, 3.63) is 33.8 Å². The first kappa shape index (κ1) is 13.6. The van der Waals surface area contributed by atoms with Gasteiger partial charge in [-0.1, -0.05) is 29.3 Å². The van der Waals surface area contributed by atoms with Gasteiger partial charge in [0, 0.05) is 16.1 Å². The van der Waals surface area contributed by atoms with E-state index in [1.54, 1.807) is 18.2 Å². The molecular weight excluding hydrogens is 268 g/mol. The molecule has 1 rings (SSSR count). The number of amides is 1. The van der Waals surface area contributed by atoms with Crippen molar-refractivity contribution in [1.82, 2.24) is 5.32 Å². The van der Waals surface area contributed by atoms with Crippen LogP contribution in [-0.2, 0) is 4.79 Å². The molecule has 0 spiro atoms. The topological polar surface area (TPSA) is 29.1 Å². The van der Waals surface area contributed by atoms with E-state index >= 15 is 0 Å². The lowest BCUT2D eigenvalue weighted by Crippen LogP contribution is -2.32. The number of alkyl halides is 1. The summed E-state index contributed by atoms with van der Waals surface area (Å²) in [5.41, 5.74) is 0.561. The summed E-state index contributed by atoms with van der Waals surface area (Å²) in [5.74, 6) is -0.263. The van der Waals surface area contributed by atoms with Crippen molar-refractivity contribution in [1.29, 1.82) is 0 Å². The Bertz CT molecular complexity index is 393. The van der Waals surface area contributed by atoms with E-state index in [2.05, 4.69) is 5.32 Å². The van der Waals surface area contributed by atoms with Crippen LogP contribution in [0.1, 0.15) is 24.8 Å². The van der Waals surface area contributed by atoms with Crippen LogP contribution in [0, 0.1) is 0 Å². The van der Waals surface area contributed by atoms with Crippen molar-refractivity contribution in [2.45, 2.75) is 25.3 Å². The van der Waals surface area contributed by atoms with Gasteiger partial charge in [-0.2, -0.15) is 0 Å². The first-order valence-electron chi connectivity index (χ1n) is 4.81. The summed E-state index contributed by atoms with van der Waals surface area (Å²) in [7, 11) is 0. The van der Waals surface area contributed by atoms with Gasteiger partial charge in [-0.3, -0.25) is 4.79 Å². The summed E-state index contributed by atoms with van der Waals surface area (Å²) in [6, 6.07) is 4.92. The molecule has 5 heteroatoms. The molecule has 16 heavy (non-hydrogen) atoms. The maximum atomic E-state index is 11.7. The predicted molar refractivity (Wildman–Crippen MR) is 68.3 cm³/mol. The van der Waals surface area contributed by atoms with Gasteiger partial charge in [0.2, 0.25) is 5.91 Å². The number of hydrogen-bond acceptors (Lipinski definition) is 1. The van der Waals surface area contributed by atoms with Gasteiger partial charge in [0.1, 0.15) is 5.38 Å². The Morgan fingerprint density at radius 3 is 2.44 bits per heavy atom. The van der Waals surface area contributed by atoms with Crippen LogP contribution in [0.4, 0.5) is 0 Å². The number of rotatable bonds is 3. The van der Waals surface area contributed by atoms with E-state index in [4.69, 9.17) is 34.8 Å². The lowest BCUT2D eigenvalue weighted by atomic mass is 10.1. The number of carbonyl (C=O) groups excluding carboxylic acids is 1. The summed E-state index contributed by atoms with van der Waals surface area (Å²) < 4.78 is 0. The largest absolute Gasteiger partial charge is 0.352 e. The monoisotopic (exact) mass is 279 g/mol. The molecule has 1 unspecified atom stereocenters. The molecular formula is C11H12Cl3NO. The summed E-state index contributed by atoms with van der Waals surface area (Å²) in [5, 5.41) is 2.83. The van der Waals surface area contributed by atoms with E-state index in [9.17, 15) is 4.79 Å². The van der Waals surface area contributed by atoms with E-state index in [1.807, 2.05) is 13.8 Å². The number of carbonyl (C=O) groups is 1. The maximum absolute atomic E-state index is 11.7. The van der Waals surface area contributed by atoms with Gasteiger partial charge in [-0.05, 0) is 31.5 Å².